The molecule has 0 atom stereocenters. The van der Waals surface area contributed by atoms with Crippen molar-refractivity contribution >= 4 is 23.1 Å². The second kappa shape index (κ2) is 5.15. The van der Waals surface area contributed by atoms with Gasteiger partial charge in [0.2, 0.25) is 0 Å². The first kappa shape index (κ1) is 11.9. The van der Waals surface area contributed by atoms with Gasteiger partial charge < -0.3 is 4.90 Å². The molecule has 2 aromatic rings. The molecule has 0 fully saturated rings. The molecule has 4 heteroatoms. The van der Waals surface area contributed by atoms with Crippen LogP contribution >= 0.6 is 11.6 Å². The van der Waals surface area contributed by atoms with Crippen molar-refractivity contribution in [1.82, 2.24) is 4.98 Å². The molecule has 0 unspecified atom stereocenters. The number of benzene rings is 1. The molecule has 17 heavy (non-hydrogen) atoms. The monoisotopic (exact) mass is 250 g/mol. The van der Waals surface area contributed by atoms with Crippen LogP contribution in [0.3, 0.4) is 0 Å². The second-order valence-corrected chi connectivity index (χ2v) is 3.93. The van der Waals surface area contributed by atoms with Gasteiger partial charge in [0, 0.05) is 12.7 Å². The summed E-state index contributed by atoms with van der Waals surface area (Å²) in [5, 5.41) is 0. The van der Waals surface area contributed by atoms with Crippen molar-refractivity contribution in [1.29, 1.82) is 0 Å². The summed E-state index contributed by atoms with van der Waals surface area (Å²) in [5.74, 6) is 0.849. The summed E-state index contributed by atoms with van der Waals surface area (Å²) < 4.78 is 13.1. The third-order valence-electron chi connectivity index (χ3n) is 2.47. The van der Waals surface area contributed by atoms with Crippen molar-refractivity contribution in [2.24, 2.45) is 0 Å². The Balaban J connectivity index is 2.33. The third kappa shape index (κ3) is 2.74. The normalized spacial score (nSPS) is 10.3. The number of halogens is 2. The van der Waals surface area contributed by atoms with E-state index in [1.807, 2.05) is 36.2 Å². The van der Waals surface area contributed by atoms with Gasteiger partial charge in [0.1, 0.15) is 11.6 Å². The van der Waals surface area contributed by atoms with Gasteiger partial charge in [-0.3, -0.25) is 0 Å². The van der Waals surface area contributed by atoms with Gasteiger partial charge in [0.05, 0.1) is 11.6 Å². The lowest BCUT2D eigenvalue weighted by Crippen LogP contribution is -2.11. The lowest BCUT2D eigenvalue weighted by atomic mass is 10.3. The molecule has 0 aliphatic carbocycles. The summed E-state index contributed by atoms with van der Waals surface area (Å²) in [4.78, 5) is 6.19. The minimum Gasteiger partial charge on any atom is -0.329 e. The Bertz CT molecular complexity index is 516. The Hall–Kier alpha value is -1.61. The van der Waals surface area contributed by atoms with Gasteiger partial charge in [-0.2, -0.15) is 0 Å². The molecule has 0 bridgehead atoms. The number of hydrogen-bond acceptors (Lipinski definition) is 2. The van der Waals surface area contributed by atoms with Crippen molar-refractivity contribution in [3.8, 4) is 0 Å². The fourth-order valence-electron chi connectivity index (χ4n) is 1.55. The van der Waals surface area contributed by atoms with Crippen molar-refractivity contribution in [3.05, 3.63) is 54.0 Å². The highest BCUT2D eigenvalue weighted by Crippen LogP contribution is 2.22. The van der Waals surface area contributed by atoms with E-state index in [0.29, 0.717) is 5.88 Å². The average Bonchev–Trinajstić information content (AvgIpc) is 2.38. The SMILES string of the molecule is CN(c1cccc(F)c1)c1cccc(CCl)n1. The van der Waals surface area contributed by atoms with Crippen LogP contribution in [-0.4, -0.2) is 12.0 Å². The molecule has 88 valence electrons. The smallest absolute Gasteiger partial charge is 0.133 e. The maximum absolute atomic E-state index is 13.1. The van der Waals surface area contributed by atoms with Gasteiger partial charge in [-0.25, -0.2) is 9.37 Å². The fourth-order valence-corrected chi connectivity index (χ4v) is 1.69. The van der Waals surface area contributed by atoms with Crippen LogP contribution in [0.2, 0.25) is 0 Å². The topological polar surface area (TPSA) is 16.1 Å². The molecule has 0 saturated carbocycles. The number of rotatable bonds is 3. The standard InChI is InChI=1S/C13H12ClFN2/c1-17(12-6-2-4-10(15)8-12)13-7-3-5-11(9-14)16-13/h2-8H,9H2,1H3. The largest absolute Gasteiger partial charge is 0.329 e. The van der Waals surface area contributed by atoms with Crippen LogP contribution in [0, 0.1) is 5.82 Å². The molecule has 0 saturated heterocycles. The van der Waals surface area contributed by atoms with Crippen LogP contribution in [0.15, 0.2) is 42.5 Å². The Labute approximate surface area is 105 Å². The Kier molecular flexibility index (Phi) is 3.59. The van der Waals surface area contributed by atoms with Gasteiger partial charge in [-0.05, 0) is 30.3 Å². The molecule has 0 N–H and O–H groups in total. The molecule has 0 spiro atoms. The van der Waals surface area contributed by atoms with E-state index in [0.717, 1.165) is 17.2 Å². The Morgan fingerprint density at radius 3 is 2.71 bits per heavy atom. The van der Waals surface area contributed by atoms with E-state index >= 15 is 0 Å². The highest BCUT2D eigenvalue weighted by Gasteiger charge is 2.06. The molecule has 0 aliphatic rings. The summed E-state index contributed by atoms with van der Waals surface area (Å²) in [6.07, 6.45) is 0. The number of anilines is 2. The van der Waals surface area contributed by atoms with Crippen LogP contribution in [0.1, 0.15) is 5.69 Å². The van der Waals surface area contributed by atoms with Gasteiger partial charge in [-0.1, -0.05) is 12.1 Å². The quantitative estimate of drug-likeness (QED) is 0.772. The van der Waals surface area contributed by atoms with Crippen LogP contribution in [0.4, 0.5) is 15.9 Å². The molecule has 2 rings (SSSR count). The van der Waals surface area contributed by atoms with Crippen molar-refractivity contribution in [3.63, 3.8) is 0 Å². The van der Waals surface area contributed by atoms with E-state index in [9.17, 15) is 4.39 Å². The summed E-state index contributed by atoms with van der Waals surface area (Å²) in [6.45, 7) is 0. The van der Waals surface area contributed by atoms with E-state index in [1.54, 1.807) is 6.07 Å². The summed E-state index contributed by atoms with van der Waals surface area (Å²) in [6, 6.07) is 12.0. The summed E-state index contributed by atoms with van der Waals surface area (Å²) in [7, 11) is 1.84. The average molecular weight is 251 g/mol. The van der Waals surface area contributed by atoms with E-state index < -0.39 is 0 Å². The number of alkyl halides is 1. The Morgan fingerprint density at radius 2 is 2.00 bits per heavy atom. The lowest BCUT2D eigenvalue weighted by molar-refractivity contribution is 0.628. The minimum absolute atomic E-state index is 0.261. The molecule has 0 aliphatic heterocycles. The number of hydrogen-bond donors (Lipinski definition) is 0. The number of aromatic nitrogens is 1. The lowest BCUT2D eigenvalue weighted by Gasteiger charge is -2.18. The van der Waals surface area contributed by atoms with E-state index in [1.165, 1.54) is 12.1 Å². The number of nitrogens with zero attached hydrogens (tertiary/aromatic N) is 2. The van der Waals surface area contributed by atoms with Gasteiger partial charge in [0.25, 0.3) is 0 Å². The zero-order valence-corrected chi connectivity index (χ0v) is 10.2. The number of pyridine rings is 1. The highest BCUT2D eigenvalue weighted by atomic mass is 35.5. The van der Waals surface area contributed by atoms with Crippen molar-refractivity contribution < 1.29 is 4.39 Å². The molecule has 1 heterocycles. The molecular weight excluding hydrogens is 239 g/mol. The third-order valence-corrected chi connectivity index (χ3v) is 2.74. The fraction of sp³-hybridized carbons (Fsp3) is 0.154. The maximum atomic E-state index is 13.1. The molecule has 1 aromatic carbocycles. The first-order chi connectivity index (χ1) is 8.20. The first-order valence-corrected chi connectivity index (χ1v) is 5.75. The molecular formula is C13H12ClFN2. The zero-order chi connectivity index (χ0) is 12.3. The maximum Gasteiger partial charge on any atom is 0.133 e. The minimum atomic E-state index is -0.261. The van der Waals surface area contributed by atoms with Crippen molar-refractivity contribution in [2.75, 3.05) is 11.9 Å². The molecule has 1 aromatic heterocycles. The predicted molar refractivity (Wildman–Crippen MR) is 68.3 cm³/mol. The van der Waals surface area contributed by atoms with Crippen LogP contribution < -0.4 is 4.90 Å². The second-order valence-electron chi connectivity index (χ2n) is 3.66. The molecule has 0 radical (unpaired) electrons. The predicted octanol–water partition coefficient (Wildman–Crippen LogP) is 3.73. The summed E-state index contributed by atoms with van der Waals surface area (Å²) >= 11 is 5.73. The van der Waals surface area contributed by atoms with E-state index in [2.05, 4.69) is 4.98 Å². The summed E-state index contributed by atoms with van der Waals surface area (Å²) in [5.41, 5.74) is 1.55. The van der Waals surface area contributed by atoms with E-state index in [4.69, 9.17) is 11.6 Å². The Morgan fingerprint density at radius 1 is 1.24 bits per heavy atom. The van der Waals surface area contributed by atoms with Gasteiger partial charge in [-0.15, -0.1) is 11.6 Å². The first-order valence-electron chi connectivity index (χ1n) is 5.22. The molecule has 2 nitrogen and oxygen atoms in total. The van der Waals surface area contributed by atoms with Crippen LogP contribution in [0.5, 0.6) is 0 Å². The van der Waals surface area contributed by atoms with Crippen LogP contribution in [-0.2, 0) is 5.88 Å². The van der Waals surface area contributed by atoms with Gasteiger partial charge in [0.15, 0.2) is 0 Å². The van der Waals surface area contributed by atoms with Crippen molar-refractivity contribution in [2.45, 2.75) is 5.88 Å². The molecule has 0 amide bonds. The van der Waals surface area contributed by atoms with E-state index in [-0.39, 0.29) is 5.82 Å². The van der Waals surface area contributed by atoms with Crippen LogP contribution in [0.25, 0.3) is 0 Å². The van der Waals surface area contributed by atoms with Gasteiger partial charge >= 0.3 is 0 Å². The zero-order valence-electron chi connectivity index (χ0n) is 9.40. The highest BCUT2D eigenvalue weighted by molar-refractivity contribution is 6.16.